The highest BCUT2D eigenvalue weighted by Crippen LogP contribution is 2.24. The number of unbranched alkanes of at least 4 members (excludes halogenated alkanes) is 2. The van der Waals surface area contributed by atoms with E-state index in [1.54, 1.807) is 20.8 Å². The van der Waals surface area contributed by atoms with Crippen molar-refractivity contribution in [3.8, 4) is 0 Å². The number of aliphatic hydroxyl groups is 1. The Morgan fingerprint density at radius 2 is 1.66 bits per heavy atom. The van der Waals surface area contributed by atoms with Crippen molar-refractivity contribution in [3.05, 3.63) is 35.4 Å². The van der Waals surface area contributed by atoms with E-state index in [0.29, 0.717) is 18.5 Å². The fourth-order valence-electron chi connectivity index (χ4n) is 3.78. The second-order valence-electron chi connectivity index (χ2n) is 10.1. The van der Waals surface area contributed by atoms with E-state index >= 15 is 0 Å². The topological polar surface area (TPSA) is 108 Å². The van der Waals surface area contributed by atoms with E-state index in [-0.39, 0.29) is 11.9 Å². The summed E-state index contributed by atoms with van der Waals surface area (Å²) in [6, 6.07) is 5.32. The van der Waals surface area contributed by atoms with Crippen LogP contribution in [0.4, 0.5) is 4.79 Å². The third-order valence-corrected chi connectivity index (χ3v) is 5.52. The van der Waals surface area contributed by atoms with Gasteiger partial charge in [0.1, 0.15) is 17.7 Å². The molecule has 3 amide bonds. The van der Waals surface area contributed by atoms with Crippen molar-refractivity contribution < 1.29 is 24.2 Å². The molecule has 0 saturated carbocycles. The van der Waals surface area contributed by atoms with E-state index in [1.807, 2.05) is 38.1 Å². The number of carbonyl (C=O) groups is 3. The Morgan fingerprint density at radius 1 is 1.03 bits per heavy atom. The molecule has 1 aromatic carbocycles. The number of nitrogens with one attached hydrogen (secondary N) is 2. The van der Waals surface area contributed by atoms with Crippen LogP contribution in [0.15, 0.2) is 24.3 Å². The predicted molar refractivity (Wildman–Crippen MR) is 138 cm³/mol. The fourth-order valence-corrected chi connectivity index (χ4v) is 3.78. The van der Waals surface area contributed by atoms with Crippen molar-refractivity contribution in [2.24, 2.45) is 0 Å². The molecule has 0 radical (unpaired) electrons. The molecule has 0 fully saturated rings. The van der Waals surface area contributed by atoms with Gasteiger partial charge in [-0.2, -0.15) is 0 Å². The Labute approximate surface area is 210 Å². The molecular formula is C27H45N3O5. The van der Waals surface area contributed by atoms with Gasteiger partial charge in [-0.25, -0.2) is 4.79 Å². The van der Waals surface area contributed by atoms with Crippen LogP contribution in [0.1, 0.15) is 90.8 Å². The molecule has 1 aromatic rings. The lowest BCUT2D eigenvalue weighted by Gasteiger charge is -2.34. The van der Waals surface area contributed by atoms with Gasteiger partial charge >= 0.3 is 6.09 Å². The third-order valence-electron chi connectivity index (χ3n) is 5.52. The second kappa shape index (κ2) is 14.7. The zero-order valence-corrected chi connectivity index (χ0v) is 22.5. The lowest BCUT2D eigenvalue weighted by atomic mass is 10.0. The lowest BCUT2D eigenvalue weighted by molar-refractivity contribution is -0.143. The fraction of sp³-hybridized carbons (Fsp3) is 0.667. The Kier molecular flexibility index (Phi) is 12.8. The van der Waals surface area contributed by atoms with Crippen LogP contribution in [0, 0.1) is 6.92 Å². The summed E-state index contributed by atoms with van der Waals surface area (Å²) < 4.78 is 5.27. The average Bonchev–Trinajstić information content (AvgIpc) is 2.76. The van der Waals surface area contributed by atoms with Crippen LogP contribution in [0.5, 0.6) is 0 Å². The first kappa shape index (κ1) is 30.4. The van der Waals surface area contributed by atoms with Crippen molar-refractivity contribution in [1.29, 1.82) is 0 Å². The molecule has 0 aliphatic heterocycles. The molecule has 8 heteroatoms. The van der Waals surface area contributed by atoms with E-state index in [2.05, 4.69) is 24.5 Å². The standard InChI is InChI=1S/C27H45N3O5/c1-8-10-11-17-30(25(33)22(18-31)29-26(34)35-27(5,6)7)23(21-15-13-19(3)14-16-21)24(32)28-20(4)12-9-2/h13-16,20,22-23,31H,8-12,17-18H2,1-7H3,(H,28,32)(H,29,34). The number of hydrogen-bond acceptors (Lipinski definition) is 5. The first-order valence-corrected chi connectivity index (χ1v) is 12.7. The molecule has 3 atom stereocenters. The van der Waals surface area contributed by atoms with Gasteiger partial charge in [0.2, 0.25) is 11.8 Å². The first-order chi connectivity index (χ1) is 16.4. The molecule has 198 valence electrons. The molecule has 0 bridgehead atoms. The summed E-state index contributed by atoms with van der Waals surface area (Å²) in [5.41, 5.74) is 0.958. The molecule has 3 N–H and O–H groups in total. The molecule has 0 saturated heterocycles. The van der Waals surface area contributed by atoms with Gasteiger partial charge in [-0.3, -0.25) is 9.59 Å². The quantitative estimate of drug-likeness (QED) is 0.358. The number of hydrogen-bond donors (Lipinski definition) is 3. The maximum absolute atomic E-state index is 13.7. The van der Waals surface area contributed by atoms with Crippen LogP contribution in [0.2, 0.25) is 0 Å². The molecule has 0 aliphatic carbocycles. The van der Waals surface area contributed by atoms with E-state index in [1.165, 1.54) is 4.90 Å². The molecule has 3 unspecified atom stereocenters. The van der Waals surface area contributed by atoms with E-state index in [9.17, 15) is 19.5 Å². The zero-order valence-electron chi connectivity index (χ0n) is 22.5. The number of benzene rings is 1. The van der Waals surface area contributed by atoms with Gasteiger partial charge < -0.3 is 25.4 Å². The van der Waals surface area contributed by atoms with E-state index in [4.69, 9.17) is 4.74 Å². The van der Waals surface area contributed by atoms with Crippen molar-refractivity contribution >= 4 is 17.9 Å². The molecular weight excluding hydrogens is 446 g/mol. The molecule has 0 spiro atoms. The number of aryl methyl sites for hydroxylation is 1. The average molecular weight is 492 g/mol. The van der Waals surface area contributed by atoms with Crippen molar-refractivity contribution in [2.75, 3.05) is 13.2 Å². The van der Waals surface area contributed by atoms with Crippen molar-refractivity contribution in [1.82, 2.24) is 15.5 Å². The summed E-state index contributed by atoms with van der Waals surface area (Å²) in [4.78, 5) is 41.0. The maximum atomic E-state index is 13.7. The summed E-state index contributed by atoms with van der Waals surface area (Å²) in [6.45, 7) is 12.9. The molecule has 0 aliphatic rings. The van der Waals surface area contributed by atoms with E-state index < -0.39 is 36.3 Å². The Hall–Kier alpha value is -2.61. The number of rotatable bonds is 13. The second-order valence-corrected chi connectivity index (χ2v) is 10.1. The molecule has 0 aromatic heterocycles. The van der Waals surface area contributed by atoms with Gasteiger partial charge in [0.05, 0.1) is 6.61 Å². The summed E-state index contributed by atoms with van der Waals surface area (Å²) in [7, 11) is 0. The lowest BCUT2D eigenvalue weighted by Crippen LogP contribution is -2.55. The summed E-state index contributed by atoms with van der Waals surface area (Å²) in [5.74, 6) is -0.813. The van der Waals surface area contributed by atoms with Crippen LogP contribution in [-0.2, 0) is 14.3 Å². The van der Waals surface area contributed by atoms with Gasteiger partial charge in [-0.1, -0.05) is 62.9 Å². The van der Waals surface area contributed by atoms with Crippen LogP contribution in [0.3, 0.4) is 0 Å². The number of amides is 3. The van der Waals surface area contributed by atoms with Crippen molar-refractivity contribution in [2.45, 2.75) is 104 Å². The summed E-state index contributed by atoms with van der Waals surface area (Å²) in [5, 5.41) is 15.5. The number of nitrogens with zero attached hydrogens (tertiary/aromatic N) is 1. The van der Waals surface area contributed by atoms with Gasteiger partial charge in [0.15, 0.2) is 0 Å². The smallest absolute Gasteiger partial charge is 0.408 e. The minimum absolute atomic E-state index is 0.0541. The van der Waals surface area contributed by atoms with Gasteiger partial charge in [-0.05, 0) is 53.0 Å². The van der Waals surface area contributed by atoms with Crippen LogP contribution in [-0.4, -0.2) is 58.8 Å². The number of carbonyl (C=O) groups excluding carboxylic acids is 3. The minimum atomic E-state index is -1.24. The monoisotopic (exact) mass is 491 g/mol. The SMILES string of the molecule is CCCCCN(C(=O)C(CO)NC(=O)OC(C)(C)C)C(C(=O)NC(C)CCC)c1ccc(C)cc1. The molecule has 0 heterocycles. The Bertz CT molecular complexity index is 804. The van der Waals surface area contributed by atoms with Gasteiger partial charge in [0.25, 0.3) is 0 Å². The van der Waals surface area contributed by atoms with Crippen LogP contribution < -0.4 is 10.6 Å². The Balaban J connectivity index is 3.36. The first-order valence-electron chi connectivity index (χ1n) is 12.7. The van der Waals surface area contributed by atoms with Crippen molar-refractivity contribution in [3.63, 3.8) is 0 Å². The number of ether oxygens (including phenoxy) is 1. The predicted octanol–water partition coefficient (Wildman–Crippen LogP) is 4.25. The van der Waals surface area contributed by atoms with Crippen LogP contribution >= 0.6 is 0 Å². The van der Waals surface area contributed by atoms with Gasteiger partial charge in [-0.15, -0.1) is 0 Å². The minimum Gasteiger partial charge on any atom is -0.444 e. The van der Waals surface area contributed by atoms with E-state index in [0.717, 1.165) is 31.2 Å². The summed E-state index contributed by atoms with van der Waals surface area (Å²) >= 11 is 0. The largest absolute Gasteiger partial charge is 0.444 e. The third kappa shape index (κ3) is 10.7. The molecule has 1 rings (SSSR count). The highest BCUT2D eigenvalue weighted by atomic mass is 16.6. The summed E-state index contributed by atoms with van der Waals surface area (Å²) in [6.07, 6.45) is 3.44. The Morgan fingerprint density at radius 3 is 2.17 bits per heavy atom. The normalized spacial score (nSPS) is 13.9. The molecule has 35 heavy (non-hydrogen) atoms. The van der Waals surface area contributed by atoms with Crippen LogP contribution in [0.25, 0.3) is 0 Å². The number of aliphatic hydroxyl groups excluding tert-OH is 1. The molecule has 8 nitrogen and oxygen atoms in total. The maximum Gasteiger partial charge on any atom is 0.408 e. The number of alkyl carbamates (subject to hydrolysis) is 1. The highest BCUT2D eigenvalue weighted by molar-refractivity contribution is 5.92. The zero-order chi connectivity index (χ0) is 26.6. The highest BCUT2D eigenvalue weighted by Gasteiger charge is 2.36. The van der Waals surface area contributed by atoms with Gasteiger partial charge in [0, 0.05) is 12.6 Å².